The number of hydrogen-bond donors (Lipinski definition) is 1. The Kier molecular flexibility index (Phi) is 3.86. The van der Waals surface area contributed by atoms with Gasteiger partial charge in [0.15, 0.2) is 11.5 Å². The van der Waals surface area contributed by atoms with Crippen molar-refractivity contribution in [1.82, 2.24) is 14.9 Å². The van der Waals surface area contributed by atoms with Gasteiger partial charge in [0, 0.05) is 38.4 Å². The van der Waals surface area contributed by atoms with Crippen molar-refractivity contribution in [3.05, 3.63) is 36.0 Å². The van der Waals surface area contributed by atoms with Crippen LogP contribution in [-0.4, -0.2) is 47.8 Å². The quantitative estimate of drug-likeness (QED) is 0.919. The molecule has 1 aromatic carbocycles. The van der Waals surface area contributed by atoms with Crippen LogP contribution in [0.5, 0.6) is 11.5 Å². The maximum atomic E-state index is 5.68. The molecule has 1 saturated heterocycles. The largest absolute Gasteiger partial charge is 0.454 e. The lowest BCUT2D eigenvalue weighted by atomic mass is 10.1. The zero-order valence-corrected chi connectivity index (χ0v) is 13.7. The average Bonchev–Trinajstić information content (AvgIpc) is 3.09. The molecule has 2 aromatic rings. The van der Waals surface area contributed by atoms with E-state index in [4.69, 9.17) is 15.2 Å². The molecule has 7 nitrogen and oxygen atoms in total. The van der Waals surface area contributed by atoms with Crippen molar-refractivity contribution in [2.24, 2.45) is 0 Å². The van der Waals surface area contributed by atoms with Crippen molar-refractivity contribution < 1.29 is 9.47 Å². The standard InChI is InChI=1S/C17H21N5O2/c1-12(13-2-3-14-15(10-13)24-11-23-14)21-6-8-22(9-7-21)16-4-5-19-17(18)20-16/h2-5,10,12H,6-9,11H2,1H3,(H2,18,19,20). The second-order valence-electron chi connectivity index (χ2n) is 6.08. The zero-order valence-electron chi connectivity index (χ0n) is 13.7. The second-order valence-corrected chi connectivity index (χ2v) is 6.08. The highest BCUT2D eigenvalue weighted by Crippen LogP contribution is 2.35. The summed E-state index contributed by atoms with van der Waals surface area (Å²) in [6.07, 6.45) is 1.71. The van der Waals surface area contributed by atoms with E-state index < -0.39 is 0 Å². The number of hydrogen-bond acceptors (Lipinski definition) is 7. The molecule has 1 atom stereocenters. The summed E-state index contributed by atoms with van der Waals surface area (Å²) < 4.78 is 10.9. The maximum absolute atomic E-state index is 5.68. The number of piperazine rings is 1. The summed E-state index contributed by atoms with van der Waals surface area (Å²) >= 11 is 0. The summed E-state index contributed by atoms with van der Waals surface area (Å²) in [5, 5.41) is 0. The van der Waals surface area contributed by atoms with Gasteiger partial charge in [0.2, 0.25) is 12.7 Å². The molecule has 2 aliphatic heterocycles. The molecule has 0 bridgehead atoms. The molecule has 0 saturated carbocycles. The molecular weight excluding hydrogens is 306 g/mol. The second kappa shape index (κ2) is 6.16. The number of anilines is 2. The molecule has 7 heteroatoms. The van der Waals surface area contributed by atoms with Gasteiger partial charge in [-0.2, -0.15) is 4.98 Å². The van der Waals surface area contributed by atoms with Crippen LogP contribution in [0.4, 0.5) is 11.8 Å². The fourth-order valence-corrected chi connectivity index (χ4v) is 3.26. The first-order valence-electron chi connectivity index (χ1n) is 8.18. The fraction of sp³-hybridized carbons (Fsp3) is 0.412. The molecular formula is C17H21N5O2. The highest BCUT2D eigenvalue weighted by molar-refractivity contribution is 5.45. The van der Waals surface area contributed by atoms with Crippen LogP contribution in [-0.2, 0) is 0 Å². The summed E-state index contributed by atoms with van der Waals surface area (Å²) in [5.41, 5.74) is 6.93. The minimum absolute atomic E-state index is 0.313. The lowest BCUT2D eigenvalue weighted by Crippen LogP contribution is -2.47. The molecule has 126 valence electrons. The van der Waals surface area contributed by atoms with Gasteiger partial charge in [0.1, 0.15) is 5.82 Å². The minimum Gasteiger partial charge on any atom is -0.454 e. The fourth-order valence-electron chi connectivity index (χ4n) is 3.26. The number of nitrogens with two attached hydrogens (primary N) is 1. The monoisotopic (exact) mass is 327 g/mol. The number of rotatable bonds is 3. The van der Waals surface area contributed by atoms with Gasteiger partial charge in [-0.3, -0.25) is 4.90 Å². The molecule has 0 spiro atoms. The Morgan fingerprint density at radius 2 is 1.88 bits per heavy atom. The first-order valence-corrected chi connectivity index (χ1v) is 8.18. The molecule has 24 heavy (non-hydrogen) atoms. The predicted octanol–water partition coefficient (Wildman–Crippen LogP) is 1.67. The number of ether oxygens (including phenoxy) is 2. The van der Waals surface area contributed by atoms with Gasteiger partial charge in [-0.25, -0.2) is 4.98 Å². The normalized spacial score (nSPS) is 18.6. The number of benzene rings is 1. The van der Waals surface area contributed by atoms with Gasteiger partial charge in [-0.1, -0.05) is 6.07 Å². The average molecular weight is 327 g/mol. The molecule has 1 aromatic heterocycles. The Labute approximate surface area is 141 Å². The van der Waals surface area contributed by atoms with E-state index in [1.807, 2.05) is 12.1 Å². The predicted molar refractivity (Wildman–Crippen MR) is 91.2 cm³/mol. The van der Waals surface area contributed by atoms with E-state index in [0.717, 1.165) is 43.5 Å². The van der Waals surface area contributed by atoms with Gasteiger partial charge < -0.3 is 20.1 Å². The number of nitrogen functional groups attached to an aromatic ring is 1. The van der Waals surface area contributed by atoms with E-state index in [1.165, 1.54) is 5.56 Å². The molecule has 1 fully saturated rings. The van der Waals surface area contributed by atoms with Gasteiger partial charge in [-0.05, 0) is 30.7 Å². The van der Waals surface area contributed by atoms with Crippen LogP contribution in [0, 0.1) is 0 Å². The van der Waals surface area contributed by atoms with E-state index in [-0.39, 0.29) is 0 Å². The Morgan fingerprint density at radius 1 is 1.08 bits per heavy atom. The topological polar surface area (TPSA) is 76.7 Å². The lowest BCUT2D eigenvalue weighted by molar-refractivity contribution is 0.173. The van der Waals surface area contributed by atoms with Crippen molar-refractivity contribution in [1.29, 1.82) is 0 Å². The molecule has 2 aliphatic rings. The Balaban J connectivity index is 1.42. The van der Waals surface area contributed by atoms with Gasteiger partial charge in [0.25, 0.3) is 0 Å². The Bertz CT molecular complexity index is 731. The third-order valence-electron chi connectivity index (χ3n) is 4.72. The minimum atomic E-state index is 0.313. The third kappa shape index (κ3) is 2.82. The molecule has 0 amide bonds. The van der Waals surface area contributed by atoms with Crippen LogP contribution in [0.1, 0.15) is 18.5 Å². The van der Waals surface area contributed by atoms with Crippen LogP contribution in [0.25, 0.3) is 0 Å². The lowest BCUT2D eigenvalue weighted by Gasteiger charge is -2.38. The summed E-state index contributed by atoms with van der Waals surface area (Å²) in [7, 11) is 0. The Morgan fingerprint density at radius 3 is 2.67 bits per heavy atom. The zero-order chi connectivity index (χ0) is 16.5. The third-order valence-corrected chi connectivity index (χ3v) is 4.72. The van der Waals surface area contributed by atoms with Crippen LogP contribution in [0.15, 0.2) is 30.5 Å². The van der Waals surface area contributed by atoms with E-state index in [0.29, 0.717) is 18.8 Å². The van der Waals surface area contributed by atoms with Crippen molar-refractivity contribution in [2.45, 2.75) is 13.0 Å². The van der Waals surface area contributed by atoms with Crippen molar-refractivity contribution >= 4 is 11.8 Å². The van der Waals surface area contributed by atoms with E-state index in [9.17, 15) is 0 Å². The van der Waals surface area contributed by atoms with Crippen LogP contribution in [0.2, 0.25) is 0 Å². The number of nitrogens with zero attached hydrogens (tertiary/aromatic N) is 4. The van der Waals surface area contributed by atoms with Crippen molar-refractivity contribution in [3.63, 3.8) is 0 Å². The molecule has 3 heterocycles. The highest BCUT2D eigenvalue weighted by Gasteiger charge is 2.24. The van der Waals surface area contributed by atoms with Crippen molar-refractivity contribution in [2.75, 3.05) is 43.6 Å². The highest BCUT2D eigenvalue weighted by atomic mass is 16.7. The van der Waals surface area contributed by atoms with Crippen LogP contribution >= 0.6 is 0 Å². The van der Waals surface area contributed by atoms with Gasteiger partial charge >= 0.3 is 0 Å². The van der Waals surface area contributed by atoms with Crippen LogP contribution in [0.3, 0.4) is 0 Å². The first kappa shape index (κ1) is 15.0. The summed E-state index contributed by atoms with van der Waals surface area (Å²) in [6, 6.07) is 8.44. The van der Waals surface area contributed by atoms with Gasteiger partial charge in [0.05, 0.1) is 0 Å². The summed E-state index contributed by atoms with van der Waals surface area (Å²) in [5.74, 6) is 2.90. The molecule has 2 N–H and O–H groups in total. The van der Waals surface area contributed by atoms with E-state index >= 15 is 0 Å². The summed E-state index contributed by atoms with van der Waals surface area (Å²) in [6.45, 7) is 6.33. The molecule has 1 unspecified atom stereocenters. The van der Waals surface area contributed by atoms with Gasteiger partial charge in [-0.15, -0.1) is 0 Å². The van der Waals surface area contributed by atoms with E-state index in [1.54, 1.807) is 6.20 Å². The smallest absolute Gasteiger partial charge is 0.231 e. The number of fused-ring (bicyclic) bond motifs is 1. The summed E-state index contributed by atoms with van der Waals surface area (Å²) in [4.78, 5) is 13.0. The van der Waals surface area contributed by atoms with Crippen molar-refractivity contribution in [3.8, 4) is 11.5 Å². The molecule has 0 aliphatic carbocycles. The number of aromatic nitrogens is 2. The Hall–Kier alpha value is -2.54. The molecule has 4 rings (SSSR count). The molecule has 0 radical (unpaired) electrons. The van der Waals surface area contributed by atoms with Crippen LogP contribution < -0.4 is 20.1 Å². The maximum Gasteiger partial charge on any atom is 0.231 e. The van der Waals surface area contributed by atoms with E-state index in [2.05, 4.69) is 38.8 Å². The first-order chi connectivity index (χ1) is 11.7. The SMILES string of the molecule is CC(c1ccc2c(c1)OCO2)N1CCN(c2ccnc(N)n2)CC1.